The minimum Gasteiger partial charge on any atom is -0.393 e. The van der Waals surface area contributed by atoms with Gasteiger partial charge in [0, 0.05) is 13.1 Å². The zero-order chi connectivity index (χ0) is 16.7. The molecule has 0 bridgehead atoms. The number of nitrogens with zero attached hydrogens (tertiary/aromatic N) is 1. The van der Waals surface area contributed by atoms with Gasteiger partial charge in [0.15, 0.2) is 0 Å². The summed E-state index contributed by atoms with van der Waals surface area (Å²) in [5.74, 6) is 1.42. The molecule has 2 aromatic rings. The third kappa shape index (κ3) is 2.82. The maximum absolute atomic E-state index is 12.8. The van der Waals surface area contributed by atoms with Crippen LogP contribution in [-0.2, 0) is 11.2 Å². The lowest BCUT2D eigenvalue weighted by Crippen LogP contribution is -2.37. The quantitative estimate of drug-likeness (QED) is 0.940. The van der Waals surface area contributed by atoms with Crippen LogP contribution >= 0.6 is 0 Å². The molecule has 2 saturated carbocycles. The van der Waals surface area contributed by atoms with Crippen LogP contribution in [0.5, 0.6) is 0 Å². The molecule has 126 valence electrons. The smallest absolute Gasteiger partial charge is 0.227 e. The van der Waals surface area contributed by atoms with E-state index < -0.39 is 0 Å². The SMILES string of the molecule is CN(C(=O)Cc1cccc2ccccc12)C1C[C@H]2CC(O)C[C@H]2C1. The van der Waals surface area contributed by atoms with Crippen LogP contribution in [0.3, 0.4) is 0 Å². The highest BCUT2D eigenvalue weighted by atomic mass is 16.3. The fraction of sp³-hybridized carbons (Fsp3) is 0.476. The van der Waals surface area contributed by atoms with Crippen molar-refractivity contribution >= 4 is 16.7 Å². The average Bonchev–Trinajstić information content (AvgIpc) is 3.11. The number of carbonyl (C=O) groups excluding carboxylic acids is 1. The first-order valence-electron chi connectivity index (χ1n) is 9.02. The zero-order valence-corrected chi connectivity index (χ0v) is 14.2. The van der Waals surface area contributed by atoms with Crippen molar-refractivity contribution in [3.63, 3.8) is 0 Å². The monoisotopic (exact) mass is 323 g/mol. The number of aliphatic hydroxyl groups excluding tert-OH is 1. The van der Waals surface area contributed by atoms with Gasteiger partial charge >= 0.3 is 0 Å². The highest BCUT2D eigenvalue weighted by Crippen LogP contribution is 2.45. The van der Waals surface area contributed by atoms with E-state index in [0.717, 1.165) is 31.2 Å². The van der Waals surface area contributed by atoms with Gasteiger partial charge in [-0.05, 0) is 53.9 Å². The van der Waals surface area contributed by atoms with E-state index in [9.17, 15) is 9.90 Å². The number of fused-ring (bicyclic) bond motifs is 2. The van der Waals surface area contributed by atoms with Crippen molar-refractivity contribution in [3.8, 4) is 0 Å². The molecule has 2 fully saturated rings. The summed E-state index contributed by atoms with van der Waals surface area (Å²) < 4.78 is 0. The molecule has 4 rings (SSSR count). The fourth-order valence-electron chi connectivity index (χ4n) is 4.81. The Morgan fingerprint density at radius 1 is 1.04 bits per heavy atom. The molecule has 1 N–H and O–H groups in total. The van der Waals surface area contributed by atoms with Crippen LogP contribution in [0.15, 0.2) is 42.5 Å². The number of carbonyl (C=O) groups is 1. The fourth-order valence-corrected chi connectivity index (χ4v) is 4.81. The molecule has 0 aromatic heterocycles. The Labute approximate surface area is 143 Å². The lowest BCUT2D eigenvalue weighted by molar-refractivity contribution is -0.131. The van der Waals surface area contributed by atoms with Gasteiger partial charge in [0.2, 0.25) is 5.91 Å². The maximum Gasteiger partial charge on any atom is 0.227 e. The molecule has 0 saturated heterocycles. The zero-order valence-electron chi connectivity index (χ0n) is 14.2. The van der Waals surface area contributed by atoms with Gasteiger partial charge in [0.25, 0.3) is 0 Å². The molecule has 3 heteroatoms. The van der Waals surface area contributed by atoms with E-state index in [1.54, 1.807) is 0 Å². The minimum absolute atomic E-state index is 0.113. The van der Waals surface area contributed by atoms with E-state index in [1.807, 2.05) is 30.1 Å². The van der Waals surface area contributed by atoms with Crippen molar-refractivity contribution < 1.29 is 9.90 Å². The third-order valence-corrected chi connectivity index (χ3v) is 6.13. The van der Waals surface area contributed by atoms with Crippen LogP contribution in [0.2, 0.25) is 0 Å². The van der Waals surface area contributed by atoms with Gasteiger partial charge in [0.1, 0.15) is 0 Å². The second-order valence-corrected chi connectivity index (χ2v) is 7.59. The summed E-state index contributed by atoms with van der Waals surface area (Å²) in [6.45, 7) is 0. The Hall–Kier alpha value is -1.87. The molecule has 0 spiro atoms. The van der Waals surface area contributed by atoms with Gasteiger partial charge < -0.3 is 10.0 Å². The molecular formula is C21H25NO2. The van der Waals surface area contributed by atoms with Crippen molar-refractivity contribution in [2.45, 2.75) is 44.2 Å². The lowest BCUT2D eigenvalue weighted by Gasteiger charge is -2.26. The molecule has 0 aliphatic heterocycles. The Kier molecular flexibility index (Phi) is 4.05. The molecule has 2 aromatic carbocycles. The van der Waals surface area contributed by atoms with Crippen molar-refractivity contribution in [2.75, 3.05) is 7.05 Å². The molecule has 2 aliphatic carbocycles. The first-order chi connectivity index (χ1) is 11.6. The van der Waals surface area contributed by atoms with Crippen LogP contribution in [0, 0.1) is 11.8 Å². The van der Waals surface area contributed by atoms with Gasteiger partial charge in [-0.2, -0.15) is 0 Å². The summed E-state index contributed by atoms with van der Waals surface area (Å²) >= 11 is 0. The number of hydrogen-bond acceptors (Lipinski definition) is 2. The topological polar surface area (TPSA) is 40.5 Å². The van der Waals surface area contributed by atoms with Crippen molar-refractivity contribution in [1.29, 1.82) is 0 Å². The summed E-state index contributed by atoms with van der Waals surface area (Å²) in [4.78, 5) is 14.8. The summed E-state index contributed by atoms with van der Waals surface area (Å²) in [5.41, 5.74) is 1.11. The van der Waals surface area contributed by atoms with Crippen LogP contribution in [0.4, 0.5) is 0 Å². The van der Waals surface area contributed by atoms with Crippen LogP contribution in [0.1, 0.15) is 31.2 Å². The molecule has 0 radical (unpaired) electrons. The average molecular weight is 323 g/mol. The number of rotatable bonds is 3. The van der Waals surface area contributed by atoms with Crippen LogP contribution < -0.4 is 0 Å². The molecule has 1 amide bonds. The molecule has 3 nitrogen and oxygen atoms in total. The Bertz CT molecular complexity index is 737. The Morgan fingerprint density at radius 2 is 1.71 bits per heavy atom. The Balaban J connectivity index is 1.46. The standard InChI is InChI=1S/C21H25NO2/c1-22(18-9-16-11-19(23)12-17(16)10-18)21(24)13-15-7-4-6-14-5-2-3-8-20(14)15/h2-8,16-19,23H,9-13H2,1H3/t16-,17+,18?,19?. The van der Waals surface area contributed by atoms with E-state index in [2.05, 4.69) is 24.3 Å². The normalized spacial score (nSPS) is 28.9. The molecule has 0 heterocycles. The van der Waals surface area contributed by atoms with Gasteiger partial charge in [-0.25, -0.2) is 0 Å². The predicted molar refractivity (Wildman–Crippen MR) is 95.7 cm³/mol. The summed E-state index contributed by atoms with van der Waals surface area (Å²) in [6.07, 6.45) is 4.31. The summed E-state index contributed by atoms with van der Waals surface area (Å²) in [5, 5.41) is 12.1. The predicted octanol–water partition coefficient (Wildman–Crippen LogP) is 3.39. The number of hydrogen-bond donors (Lipinski definition) is 1. The van der Waals surface area contributed by atoms with E-state index in [0.29, 0.717) is 24.3 Å². The van der Waals surface area contributed by atoms with Crippen LogP contribution in [-0.4, -0.2) is 35.1 Å². The van der Waals surface area contributed by atoms with Gasteiger partial charge in [-0.15, -0.1) is 0 Å². The lowest BCUT2D eigenvalue weighted by atomic mass is 10.0. The number of likely N-dealkylation sites (N-methyl/N-ethyl adjacent to an activating group) is 1. The summed E-state index contributed by atoms with van der Waals surface area (Å²) in [6, 6.07) is 14.8. The van der Waals surface area contributed by atoms with Crippen LogP contribution in [0.25, 0.3) is 10.8 Å². The number of benzene rings is 2. The van der Waals surface area contributed by atoms with E-state index in [4.69, 9.17) is 0 Å². The molecule has 24 heavy (non-hydrogen) atoms. The van der Waals surface area contributed by atoms with Crippen molar-refractivity contribution in [3.05, 3.63) is 48.0 Å². The number of aliphatic hydroxyl groups is 1. The second-order valence-electron chi connectivity index (χ2n) is 7.59. The molecule has 4 atom stereocenters. The highest BCUT2D eigenvalue weighted by Gasteiger charge is 2.42. The second kappa shape index (κ2) is 6.21. The first kappa shape index (κ1) is 15.6. The summed E-state index contributed by atoms with van der Waals surface area (Å²) in [7, 11) is 1.95. The maximum atomic E-state index is 12.8. The Morgan fingerprint density at radius 3 is 2.46 bits per heavy atom. The number of amides is 1. The van der Waals surface area contributed by atoms with Gasteiger partial charge in [0.05, 0.1) is 12.5 Å². The molecule has 2 aliphatic rings. The van der Waals surface area contributed by atoms with E-state index in [-0.39, 0.29) is 12.0 Å². The van der Waals surface area contributed by atoms with Crippen molar-refractivity contribution in [2.24, 2.45) is 11.8 Å². The van der Waals surface area contributed by atoms with E-state index >= 15 is 0 Å². The first-order valence-corrected chi connectivity index (χ1v) is 9.02. The minimum atomic E-state index is -0.113. The van der Waals surface area contributed by atoms with Gasteiger partial charge in [-0.1, -0.05) is 42.5 Å². The molecule has 2 unspecified atom stereocenters. The largest absolute Gasteiger partial charge is 0.393 e. The highest BCUT2D eigenvalue weighted by molar-refractivity contribution is 5.90. The van der Waals surface area contributed by atoms with E-state index in [1.165, 1.54) is 10.8 Å². The van der Waals surface area contributed by atoms with Crippen molar-refractivity contribution in [1.82, 2.24) is 4.90 Å². The third-order valence-electron chi connectivity index (χ3n) is 6.13. The molecular weight excluding hydrogens is 298 g/mol. The van der Waals surface area contributed by atoms with Gasteiger partial charge in [-0.3, -0.25) is 4.79 Å².